The molecule has 4 nitrogen and oxygen atoms in total. The number of amides is 2. The van der Waals surface area contributed by atoms with Crippen LogP contribution in [0.1, 0.15) is 46.0 Å². The molecule has 2 amide bonds. The lowest BCUT2D eigenvalue weighted by Gasteiger charge is -2.40. The summed E-state index contributed by atoms with van der Waals surface area (Å²) in [4.78, 5) is 26.1. The Morgan fingerprint density at radius 1 is 1.22 bits per heavy atom. The van der Waals surface area contributed by atoms with Gasteiger partial charge < -0.3 is 5.32 Å². The number of nitrogens with zero attached hydrogens (tertiary/aromatic N) is 1. The Labute approximate surface area is 109 Å². The van der Waals surface area contributed by atoms with Gasteiger partial charge in [0.1, 0.15) is 0 Å². The quantitative estimate of drug-likeness (QED) is 0.755. The van der Waals surface area contributed by atoms with E-state index in [9.17, 15) is 9.59 Å². The van der Waals surface area contributed by atoms with Crippen LogP contribution in [0.5, 0.6) is 0 Å². The summed E-state index contributed by atoms with van der Waals surface area (Å²) in [7, 11) is 0. The third-order valence-corrected chi connectivity index (χ3v) is 4.29. The molecule has 1 N–H and O–H groups in total. The van der Waals surface area contributed by atoms with E-state index < -0.39 is 0 Å². The van der Waals surface area contributed by atoms with Crippen LogP contribution in [0.2, 0.25) is 0 Å². The highest BCUT2D eigenvalue weighted by Crippen LogP contribution is 2.36. The van der Waals surface area contributed by atoms with E-state index in [4.69, 9.17) is 0 Å². The predicted molar refractivity (Wildman–Crippen MR) is 69.9 cm³/mol. The second-order valence-electron chi connectivity index (χ2n) is 5.51. The second-order valence-corrected chi connectivity index (χ2v) is 5.51. The molecule has 0 aromatic rings. The Kier molecular flexibility index (Phi) is 4.38. The van der Waals surface area contributed by atoms with Crippen molar-refractivity contribution in [3.05, 3.63) is 0 Å². The lowest BCUT2D eigenvalue weighted by molar-refractivity contribution is -0.158. The molecule has 102 valence electrons. The number of likely N-dealkylation sites (tertiary alicyclic amines) is 1. The van der Waals surface area contributed by atoms with Crippen LogP contribution in [0.15, 0.2) is 0 Å². The Morgan fingerprint density at radius 3 is 2.33 bits per heavy atom. The Bertz CT molecular complexity index is 308. The van der Waals surface area contributed by atoms with Crippen molar-refractivity contribution in [1.29, 1.82) is 0 Å². The number of imide groups is 1. The molecule has 0 aromatic carbocycles. The second kappa shape index (κ2) is 5.83. The number of piperidine rings is 1. The maximum absolute atomic E-state index is 12.3. The van der Waals surface area contributed by atoms with Crippen LogP contribution in [0.4, 0.5) is 0 Å². The van der Waals surface area contributed by atoms with Gasteiger partial charge in [-0.05, 0) is 32.2 Å². The summed E-state index contributed by atoms with van der Waals surface area (Å²) < 4.78 is 0. The summed E-state index contributed by atoms with van der Waals surface area (Å²) in [6.45, 7) is 5.57. The molecule has 4 heteroatoms. The van der Waals surface area contributed by atoms with Gasteiger partial charge in [-0.2, -0.15) is 0 Å². The molecule has 3 unspecified atom stereocenters. The number of carbonyl (C=O) groups excluding carboxylic acids is 2. The molecule has 0 aromatic heterocycles. The fraction of sp³-hybridized carbons (Fsp3) is 0.857. The smallest absolute Gasteiger partial charge is 0.232 e. The predicted octanol–water partition coefficient (Wildman–Crippen LogP) is 1.55. The van der Waals surface area contributed by atoms with Crippen LogP contribution < -0.4 is 5.32 Å². The van der Waals surface area contributed by atoms with Crippen molar-refractivity contribution in [1.82, 2.24) is 10.2 Å². The molecule has 2 fully saturated rings. The molecule has 0 radical (unpaired) electrons. The number of fused-ring (bicyclic) bond motifs is 2. The summed E-state index contributed by atoms with van der Waals surface area (Å²) >= 11 is 0. The molecule has 1 aliphatic heterocycles. The molecule has 1 heterocycles. The van der Waals surface area contributed by atoms with E-state index in [0.717, 1.165) is 38.6 Å². The third kappa shape index (κ3) is 2.58. The average Bonchev–Trinajstić information content (AvgIpc) is 2.41. The zero-order chi connectivity index (χ0) is 13.1. The molecule has 2 rings (SSSR count). The molecular formula is C14H24N2O2. The van der Waals surface area contributed by atoms with Crippen molar-refractivity contribution in [3.63, 3.8) is 0 Å². The lowest BCUT2D eigenvalue weighted by Crippen LogP contribution is -2.55. The average molecular weight is 252 g/mol. The van der Waals surface area contributed by atoms with Gasteiger partial charge in [0.05, 0.1) is 0 Å². The van der Waals surface area contributed by atoms with Gasteiger partial charge in [-0.25, -0.2) is 0 Å². The molecular weight excluding hydrogens is 228 g/mol. The highest BCUT2D eigenvalue weighted by atomic mass is 16.2. The van der Waals surface area contributed by atoms with Gasteiger partial charge in [-0.1, -0.05) is 20.3 Å². The third-order valence-electron chi connectivity index (χ3n) is 4.29. The minimum absolute atomic E-state index is 0.0762. The zero-order valence-corrected chi connectivity index (χ0v) is 11.4. The van der Waals surface area contributed by atoms with Crippen molar-refractivity contribution in [2.45, 2.75) is 52.0 Å². The van der Waals surface area contributed by atoms with E-state index in [1.165, 1.54) is 4.90 Å². The Hall–Kier alpha value is -0.900. The van der Waals surface area contributed by atoms with Gasteiger partial charge in [-0.3, -0.25) is 14.5 Å². The fourth-order valence-electron chi connectivity index (χ4n) is 3.21. The normalized spacial score (nSPS) is 29.6. The topological polar surface area (TPSA) is 49.4 Å². The van der Waals surface area contributed by atoms with Crippen LogP contribution in [0.3, 0.4) is 0 Å². The highest BCUT2D eigenvalue weighted by molar-refractivity contribution is 6.00. The Morgan fingerprint density at radius 2 is 1.83 bits per heavy atom. The molecule has 0 spiro atoms. The molecule has 2 bridgehead atoms. The van der Waals surface area contributed by atoms with E-state index in [0.29, 0.717) is 6.54 Å². The van der Waals surface area contributed by atoms with Crippen LogP contribution in [-0.2, 0) is 9.59 Å². The summed E-state index contributed by atoms with van der Waals surface area (Å²) in [6.07, 6.45) is 4.71. The summed E-state index contributed by atoms with van der Waals surface area (Å²) in [6, 6.07) is 0.238. The number of nitrogens with one attached hydrogen (secondary N) is 1. The first-order valence-corrected chi connectivity index (χ1v) is 7.25. The highest BCUT2D eigenvalue weighted by Gasteiger charge is 2.43. The van der Waals surface area contributed by atoms with Crippen molar-refractivity contribution >= 4 is 11.8 Å². The van der Waals surface area contributed by atoms with E-state index in [2.05, 4.69) is 19.2 Å². The molecule has 3 atom stereocenters. The van der Waals surface area contributed by atoms with Gasteiger partial charge >= 0.3 is 0 Å². The number of hydrogen-bond acceptors (Lipinski definition) is 3. The van der Waals surface area contributed by atoms with Crippen molar-refractivity contribution < 1.29 is 9.59 Å². The van der Waals surface area contributed by atoms with Crippen molar-refractivity contribution in [3.8, 4) is 0 Å². The fourth-order valence-corrected chi connectivity index (χ4v) is 3.21. The van der Waals surface area contributed by atoms with Gasteiger partial charge in [0.2, 0.25) is 11.8 Å². The minimum atomic E-state index is 0.0762. The minimum Gasteiger partial charge on any atom is -0.312 e. The Balaban J connectivity index is 2.05. The van der Waals surface area contributed by atoms with Gasteiger partial charge in [0.25, 0.3) is 0 Å². The monoisotopic (exact) mass is 252 g/mol. The standard InChI is InChI=1S/C14H24N2O2/c1-3-12(15-4-2)9-16-13(17)10-6-5-7-11(8-10)14(16)18/h10-12,15H,3-9H2,1-2H3. The first-order valence-electron chi connectivity index (χ1n) is 7.25. The van der Waals surface area contributed by atoms with E-state index in [-0.39, 0.29) is 29.7 Å². The maximum atomic E-state index is 12.3. The summed E-state index contributed by atoms with van der Waals surface area (Å²) in [5.74, 6) is 0.376. The van der Waals surface area contributed by atoms with E-state index >= 15 is 0 Å². The van der Waals surface area contributed by atoms with Crippen molar-refractivity contribution in [2.24, 2.45) is 11.8 Å². The first kappa shape index (κ1) is 13.5. The summed E-state index contributed by atoms with van der Waals surface area (Å²) in [5, 5.41) is 3.34. The SMILES string of the molecule is CCNC(CC)CN1C(=O)C2CCCC(C2)C1=O. The number of rotatable bonds is 5. The van der Waals surface area contributed by atoms with Gasteiger partial charge in [-0.15, -0.1) is 0 Å². The first-order chi connectivity index (χ1) is 8.67. The van der Waals surface area contributed by atoms with Gasteiger partial charge in [0, 0.05) is 24.4 Å². The molecule has 1 saturated carbocycles. The number of carbonyl (C=O) groups is 2. The van der Waals surface area contributed by atoms with Crippen LogP contribution in [0, 0.1) is 11.8 Å². The van der Waals surface area contributed by atoms with Crippen LogP contribution in [-0.4, -0.2) is 35.8 Å². The summed E-state index contributed by atoms with van der Waals surface area (Å²) in [5.41, 5.74) is 0. The number of hydrogen-bond donors (Lipinski definition) is 1. The largest absolute Gasteiger partial charge is 0.312 e. The van der Waals surface area contributed by atoms with E-state index in [1.807, 2.05) is 0 Å². The molecule has 1 aliphatic carbocycles. The van der Waals surface area contributed by atoms with Crippen molar-refractivity contribution in [2.75, 3.05) is 13.1 Å². The molecule has 2 aliphatic rings. The van der Waals surface area contributed by atoms with Crippen LogP contribution in [0.25, 0.3) is 0 Å². The van der Waals surface area contributed by atoms with Gasteiger partial charge in [0.15, 0.2) is 0 Å². The van der Waals surface area contributed by atoms with Crippen LogP contribution >= 0.6 is 0 Å². The zero-order valence-electron chi connectivity index (χ0n) is 11.4. The lowest BCUT2D eigenvalue weighted by atomic mass is 9.77. The maximum Gasteiger partial charge on any atom is 0.232 e. The molecule has 1 saturated heterocycles. The number of likely N-dealkylation sites (N-methyl/N-ethyl adjacent to an activating group) is 1. The molecule has 18 heavy (non-hydrogen) atoms. The van der Waals surface area contributed by atoms with E-state index in [1.54, 1.807) is 0 Å².